The van der Waals surface area contributed by atoms with Crippen molar-refractivity contribution in [3.8, 4) is 0 Å². The number of guanidine groups is 1. The molecule has 4 nitrogen and oxygen atoms in total. The van der Waals surface area contributed by atoms with Gasteiger partial charge in [0.25, 0.3) is 0 Å². The zero-order chi connectivity index (χ0) is 14.1. The minimum absolute atomic E-state index is 0. The number of nitrogens with one attached hydrogen (secondary N) is 2. The van der Waals surface area contributed by atoms with E-state index in [0.29, 0.717) is 6.54 Å². The summed E-state index contributed by atoms with van der Waals surface area (Å²) in [4.78, 5) is 8.57. The molecule has 1 aromatic heterocycles. The van der Waals surface area contributed by atoms with Gasteiger partial charge < -0.3 is 10.6 Å². The molecule has 0 saturated carbocycles. The van der Waals surface area contributed by atoms with Crippen LogP contribution in [0.15, 0.2) is 23.3 Å². The van der Waals surface area contributed by atoms with Crippen molar-refractivity contribution in [1.82, 2.24) is 15.6 Å². The molecule has 0 radical (unpaired) electrons. The summed E-state index contributed by atoms with van der Waals surface area (Å²) in [6.07, 6.45) is 4.23. The summed E-state index contributed by atoms with van der Waals surface area (Å²) in [6, 6.07) is 4.03. The molecule has 0 aromatic carbocycles. The Bertz CT molecular complexity index is 405. The van der Waals surface area contributed by atoms with Gasteiger partial charge >= 0.3 is 0 Å². The molecule has 0 amide bonds. The number of hydrogen-bond donors (Lipinski definition) is 2. The third-order valence-electron chi connectivity index (χ3n) is 3.02. The molecule has 0 fully saturated rings. The molecule has 114 valence electrons. The molecule has 1 aromatic rings. The van der Waals surface area contributed by atoms with Gasteiger partial charge in [-0.05, 0) is 37.3 Å². The lowest BCUT2D eigenvalue weighted by Crippen LogP contribution is -2.37. The Morgan fingerprint density at radius 3 is 2.70 bits per heavy atom. The lowest BCUT2D eigenvalue weighted by molar-refractivity contribution is 0.549. The van der Waals surface area contributed by atoms with Crippen LogP contribution in [0.25, 0.3) is 0 Å². The first-order chi connectivity index (χ1) is 9.13. The molecule has 0 saturated heterocycles. The SMILES string of the molecule is CN=C(NCCCC(C)C)NCc1ncccc1C.I. The summed E-state index contributed by atoms with van der Waals surface area (Å²) < 4.78 is 0. The van der Waals surface area contributed by atoms with Gasteiger partial charge in [-0.3, -0.25) is 9.98 Å². The van der Waals surface area contributed by atoms with Crippen molar-refractivity contribution in [3.63, 3.8) is 0 Å². The van der Waals surface area contributed by atoms with Gasteiger partial charge in [-0.2, -0.15) is 0 Å². The third-order valence-corrected chi connectivity index (χ3v) is 3.02. The number of pyridine rings is 1. The van der Waals surface area contributed by atoms with E-state index in [2.05, 4.69) is 47.4 Å². The first-order valence-electron chi connectivity index (χ1n) is 6.98. The van der Waals surface area contributed by atoms with Gasteiger partial charge in [-0.25, -0.2) is 0 Å². The maximum absolute atomic E-state index is 4.36. The van der Waals surface area contributed by atoms with Gasteiger partial charge in [-0.15, -0.1) is 24.0 Å². The smallest absolute Gasteiger partial charge is 0.191 e. The Hall–Kier alpha value is -0.850. The molecular weight excluding hydrogens is 363 g/mol. The van der Waals surface area contributed by atoms with Gasteiger partial charge in [0.05, 0.1) is 12.2 Å². The summed E-state index contributed by atoms with van der Waals surface area (Å²) >= 11 is 0. The molecule has 0 aliphatic carbocycles. The van der Waals surface area contributed by atoms with Crippen molar-refractivity contribution in [2.45, 2.75) is 40.2 Å². The molecule has 0 atom stereocenters. The Morgan fingerprint density at radius 2 is 2.10 bits per heavy atom. The van der Waals surface area contributed by atoms with Crippen molar-refractivity contribution < 1.29 is 0 Å². The second-order valence-corrected chi connectivity index (χ2v) is 5.16. The van der Waals surface area contributed by atoms with Crippen molar-refractivity contribution in [3.05, 3.63) is 29.6 Å². The molecule has 5 heteroatoms. The number of aliphatic imine (C=N–C) groups is 1. The highest BCUT2D eigenvalue weighted by Gasteiger charge is 2.01. The molecule has 20 heavy (non-hydrogen) atoms. The van der Waals surface area contributed by atoms with Crippen LogP contribution in [0.2, 0.25) is 0 Å². The van der Waals surface area contributed by atoms with Crippen LogP contribution in [0.5, 0.6) is 0 Å². The van der Waals surface area contributed by atoms with Gasteiger partial charge in [0.15, 0.2) is 5.96 Å². The van der Waals surface area contributed by atoms with Gasteiger partial charge in [-0.1, -0.05) is 19.9 Å². The summed E-state index contributed by atoms with van der Waals surface area (Å²) in [6.45, 7) is 8.23. The summed E-state index contributed by atoms with van der Waals surface area (Å²) in [5.74, 6) is 1.60. The van der Waals surface area contributed by atoms with E-state index in [4.69, 9.17) is 0 Å². The van der Waals surface area contributed by atoms with Crippen LogP contribution in [0.3, 0.4) is 0 Å². The Kier molecular flexibility index (Phi) is 10.4. The first-order valence-corrected chi connectivity index (χ1v) is 6.98. The van der Waals surface area contributed by atoms with E-state index in [1.54, 1.807) is 7.05 Å². The highest BCUT2D eigenvalue weighted by atomic mass is 127. The molecule has 2 N–H and O–H groups in total. The minimum Gasteiger partial charge on any atom is -0.356 e. The number of aryl methyl sites for hydroxylation is 1. The quantitative estimate of drug-likeness (QED) is 0.340. The topological polar surface area (TPSA) is 49.3 Å². The van der Waals surface area contributed by atoms with E-state index in [-0.39, 0.29) is 24.0 Å². The van der Waals surface area contributed by atoms with Crippen LogP contribution < -0.4 is 10.6 Å². The summed E-state index contributed by atoms with van der Waals surface area (Å²) in [5, 5.41) is 6.62. The number of halogens is 1. The van der Waals surface area contributed by atoms with E-state index in [1.165, 1.54) is 18.4 Å². The second-order valence-electron chi connectivity index (χ2n) is 5.16. The van der Waals surface area contributed by atoms with Crippen LogP contribution >= 0.6 is 24.0 Å². The summed E-state index contributed by atoms with van der Waals surface area (Å²) in [5.41, 5.74) is 2.26. The zero-order valence-corrected chi connectivity index (χ0v) is 15.3. The van der Waals surface area contributed by atoms with Gasteiger partial charge in [0.1, 0.15) is 0 Å². The predicted octanol–water partition coefficient (Wildman–Crippen LogP) is 3.11. The average molecular weight is 390 g/mol. The maximum atomic E-state index is 4.36. The molecule has 0 aliphatic heterocycles. The third kappa shape index (κ3) is 7.67. The van der Waals surface area contributed by atoms with Crippen LogP contribution in [0.4, 0.5) is 0 Å². The number of rotatable bonds is 6. The van der Waals surface area contributed by atoms with Crippen LogP contribution in [0.1, 0.15) is 37.9 Å². The lowest BCUT2D eigenvalue weighted by Gasteiger charge is -2.13. The monoisotopic (exact) mass is 390 g/mol. The number of nitrogens with zero attached hydrogens (tertiary/aromatic N) is 2. The van der Waals surface area contributed by atoms with Gasteiger partial charge in [0, 0.05) is 19.8 Å². The molecular formula is C15H27IN4. The lowest BCUT2D eigenvalue weighted by atomic mass is 10.1. The van der Waals surface area contributed by atoms with E-state index in [9.17, 15) is 0 Å². The second kappa shape index (κ2) is 10.9. The molecule has 0 unspecified atom stereocenters. The Morgan fingerprint density at radius 1 is 1.35 bits per heavy atom. The molecule has 0 aliphatic rings. The Labute approximate surface area is 139 Å². The first kappa shape index (κ1) is 19.1. The van der Waals surface area contributed by atoms with E-state index < -0.39 is 0 Å². The van der Waals surface area contributed by atoms with Crippen LogP contribution in [0, 0.1) is 12.8 Å². The van der Waals surface area contributed by atoms with Crippen LogP contribution in [-0.2, 0) is 6.54 Å². The zero-order valence-electron chi connectivity index (χ0n) is 12.9. The Balaban J connectivity index is 0.00000361. The molecule has 0 spiro atoms. The van der Waals surface area contributed by atoms with Gasteiger partial charge in [0.2, 0.25) is 0 Å². The minimum atomic E-state index is 0. The van der Waals surface area contributed by atoms with Crippen LogP contribution in [-0.4, -0.2) is 24.5 Å². The molecule has 1 rings (SSSR count). The highest BCUT2D eigenvalue weighted by Crippen LogP contribution is 2.03. The maximum Gasteiger partial charge on any atom is 0.191 e. The van der Waals surface area contributed by atoms with E-state index >= 15 is 0 Å². The fourth-order valence-electron chi connectivity index (χ4n) is 1.81. The van der Waals surface area contributed by atoms with Crippen molar-refractivity contribution >= 4 is 29.9 Å². The van der Waals surface area contributed by atoms with Crippen molar-refractivity contribution in [2.24, 2.45) is 10.9 Å². The van der Waals surface area contributed by atoms with E-state index in [1.807, 2.05) is 12.3 Å². The molecule has 1 heterocycles. The largest absolute Gasteiger partial charge is 0.356 e. The fraction of sp³-hybridized carbons (Fsp3) is 0.600. The number of aromatic nitrogens is 1. The van der Waals surface area contributed by atoms with E-state index in [0.717, 1.165) is 24.1 Å². The predicted molar refractivity (Wildman–Crippen MR) is 96.7 cm³/mol. The summed E-state index contributed by atoms with van der Waals surface area (Å²) in [7, 11) is 1.79. The normalized spacial score (nSPS) is 11.2. The van der Waals surface area contributed by atoms with Crippen molar-refractivity contribution in [1.29, 1.82) is 0 Å². The average Bonchev–Trinajstić information content (AvgIpc) is 2.39. The van der Waals surface area contributed by atoms with Crippen molar-refractivity contribution in [2.75, 3.05) is 13.6 Å². The number of hydrogen-bond acceptors (Lipinski definition) is 2. The standard InChI is InChI=1S/C15H26N4.HI/c1-12(2)7-5-10-18-15(16-4)19-11-14-13(3)8-6-9-17-14;/h6,8-9,12H,5,7,10-11H2,1-4H3,(H2,16,18,19);1H. The molecule has 0 bridgehead atoms. The fourth-order valence-corrected chi connectivity index (χ4v) is 1.81. The highest BCUT2D eigenvalue weighted by molar-refractivity contribution is 14.0.